The fraction of sp³-hybridized carbons (Fsp3) is 0.391. The van der Waals surface area contributed by atoms with E-state index < -0.39 is 58.2 Å². The number of ether oxygens (including phenoxy) is 1. The van der Waals surface area contributed by atoms with E-state index in [-0.39, 0.29) is 55.4 Å². The summed E-state index contributed by atoms with van der Waals surface area (Å²) in [5.41, 5.74) is -0.622. The van der Waals surface area contributed by atoms with Gasteiger partial charge in [-0.1, -0.05) is 36.4 Å². The van der Waals surface area contributed by atoms with Crippen molar-refractivity contribution in [3.05, 3.63) is 109 Å². The molecule has 0 bridgehead atoms. The molecule has 4 atom stereocenters. The molecule has 0 unspecified atom stereocenters. The summed E-state index contributed by atoms with van der Waals surface area (Å²) >= 11 is 0. The summed E-state index contributed by atoms with van der Waals surface area (Å²) in [6.45, 7) is 8.33. The molecule has 22 heteroatoms. The molecule has 1 N–H and O–H groups in total. The third kappa shape index (κ3) is 10.2. The number of likely N-dealkylation sites (tertiary alicyclic amines) is 1. The highest BCUT2D eigenvalue weighted by Gasteiger charge is 2.46. The first-order valence-corrected chi connectivity index (χ1v) is 27.1. The van der Waals surface area contributed by atoms with Crippen molar-refractivity contribution in [1.29, 1.82) is 0 Å². The number of nitrogens with one attached hydrogen (secondary N) is 1. The van der Waals surface area contributed by atoms with E-state index in [9.17, 15) is 43.2 Å². The Bertz CT molecular complexity index is 3210. The maximum atomic E-state index is 14.5. The summed E-state index contributed by atoms with van der Waals surface area (Å²) in [5.74, 6) is -1.59. The van der Waals surface area contributed by atoms with Gasteiger partial charge < -0.3 is 15.0 Å². The molecule has 0 radical (unpaired) electrons. The summed E-state index contributed by atoms with van der Waals surface area (Å²) in [7, 11) is -6.42. The molecule has 15 nitrogen and oxygen atoms in total. The van der Waals surface area contributed by atoms with Crippen LogP contribution in [0.25, 0.3) is 32.3 Å². The number of benzene rings is 3. The molecule has 7 heterocycles. The second-order valence-electron chi connectivity index (χ2n) is 18.1. The number of rotatable bonds is 5. The minimum atomic E-state index is -3.95. The molecule has 3 aromatic carbocycles. The van der Waals surface area contributed by atoms with Gasteiger partial charge in [-0.05, 0) is 83.0 Å². The van der Waals surface area contributed by atoms with Crippen molar-refractivity contribution >= 4 is 78.2 Å². The van der Waals surface area contributed by atoms with Gasteiger partial charge in [0.1, 0.15) is 5.60 Å². The first-order chi connectivity index (χ1) is 32.1. The highest BCUT2D eigenvalue weighted by atomic mass is 35.7. The minimum absolute atomic E-state index is 0.0255. The fourth-order valence-corrected chi connectivity index (χ4v) is 14.0. The van der Waals surface area contributed by atoms with Gasteiger partial charge in [-0.15, -0.1) is 0 Å². The quantitative estimate of drug-likeness (QED) is 0.168. The van der Waals surface area contributed by atoms with Gasteiger partial charge in [0.15, 0.2) is 17.5 Å². The number of nitrogens with zero attached hydrogens (tertiary/aromatic N) is 6. The van der Waals surface area contributed by atoms with Crippen LogP contribution in [-0.4, -0.2) is 117 Å². The van der Waals surface area contributed by atoms with Gasteiger partial charge in [-0.3, -0.25) is 15.0 Å². The summed E-state index contributed by atoms with van der Waals surface area (Å²) < 4.78 is 126. The van der Waals surface area contributed by atoms with E-state index >= 15 is 0 Å². The molecule has 4 aliphatic rings. The number of aromatic nitrogens is 3. The van der Waals surface area contributed by atoms with Crippen LogP contribution in [0.2, 0.25) is 0 Å². The van der Waals surface area contributed by atoms with E-state index in [0.29, 0.717) is 48.3 Å². The maximum Gasteiger partial charge on any atom is 0.410 e. The summed E-state index contributed by atoms with van der Waals surface area (Å²) in [6.07, 6.45) is 10.7. The monoisotopic (exact) mass is 1020 g/mol. The zero-order valence-electron chi connectivity index (χ0n) is 37.2. The van der Waals surface area contributed by atoms with E-state index in [2.05, 4.69) is 20.3 Å². The predicted octanol–water partition coefficient (Wildman–Crippen LogP) is 7.44. The molecule has 0 aliphatic carbocycles. The van der Waals surface area contributed by atoms with Crippen LogP contribution in [0, 0.1) is 29.3 Å². The number of fused-ring (bicyclic) bond motifs is 5. The summed E-state index contributed by atoms with van der Waals surface area (Å²) in [5, 5.41) is 4.88. The lowest BCUT2D eigenvalue weighted by Gasteiger charge is -2.37. The number of hydrogen-bond donors (Lipinski definition) is 1. The van der Waals surface area contributed by atoms with Gasteiger partial charge in [0.2, 0.25) is 20.0 Å². The third-order valence-electron chi connectivity index (χ3n) is 12.5. The molecule has 4 saturated heterocycles. The maximum absolute atomic E-state index is 14.5. The summed E-state index contributed by atoms with van der Waals surface area (Å²) in [6, 6.07) is 13.7. The van der Waals surface area contributed by atoms with Gasteiger partial charge in [0.25, 0.3) is 9.05 Å². The Labute approximate surface area is 397 Å². The van der Waals surface area contributed by atoms with Crippen LogP contribution in [0.4, 0.5) is 18.0 Å². The molecule has 4 fully saturated rings. The molecule has 10 rings (SSSR count). The highest BCUT2D eigenvalue weighted by molar-refractivity contribution is 8.14. The number of amides is 1. The highest BCUT2D eigenvalue weighted by Crippen LogP contribution is 2.37. The smallest absolute Gasteiger partial charge is 0.410 e. The Morgan fingerprint density at radius 2 is 1.10 bits per heavy atom. The van der Waals surface area contributed by atoms with Gasteiger partial charge in [0.05, 0.1) is 39.3 Å². The zero-order chi connectivity index (χ0) is 48.8. The Hall–Kier alpha value is -5.03. The van der Waals surface area contributed by atoms with Crippen molar-refractivity contribution in [3.8, 4) is 0 Å². The van der Waals surface area contributed by atoms with E-state index in [1.54, 1.807) is 35.2 Å². The molecule has 3 aromatic heterocycles. The van der Waals surface area contributed by atoms with Gasteiger partial charge in [-0.2, -0.15) is 8.61 Å². The van der Waals surface area contributed by atoms with Crippen molar-refractivity contribution < 1.29 is 48.0 Å². The van der Waals surface area contributed by atoms with Gasteiger partial charge in [-0.25, -0.2) is 43.2 Å². The van der Waals surface area contributed by atoms with Crippen LogP contribution >= 0.6 is 10.7 Å². The topological polar surface area (TPSA) is 189 Å². The molecule has 4 aliphatic heterocycles. The van der Waals surface area contributed by atoms with Gasteiger partial charge in [0, 0.05) is 100 Å². The lowest BCUT2D eigenvalue weighted by atomic mass is 9.92. The van der Waals surface area contributed by atoms with E-state index in [4.69, 9.17) is 15.4 Å². The zero-order valence-corrected chi connectivity index (χ0v) is 40.4. The van der Waals surface area contributed by atoms with E-state index in [1.807, 2.05) is 20.8 Å². The number of carbonyl (C=O) groups is 1. The molecule has 362 valence electrons. The number of halogens is 4. The molecular weight excluding hydrogens is 967 g/mol. The Balaban J connectivity index is 0.000000146. The van der Waals surface area contributed by atoms with Crippen LogP contribution in [0.1, 0.15) is 46.5 Å². The average molecular weight is 1020 g/mol. The second-order valence-corrected chi connectivity index (χ2v) is 24.5. The Morgan fingerprint density at radius 3 is 1.59 bits per heavy atom. The third-order valence-corrected chi connectivity index (χ3v) is 17.6. The second kappa shape index (κ2) is 19.4. The Morgan fingerprint density at radius 1 is 0.647 bits per heavy atom. The molecule has 0 spiro atoms. The normalized spacial score (nSPS) is 21.4. The van der Waals surface area contributed by atoms with Crippen LogP contribution in [0.5, 0.6) is 0 Å². The van der Waals surface area contributed by atoms with Crippen LogP contribution in [0.15, 0.2) is 106 Å². The van der Waals surface area contributed by atoms with Crippen LogP contribution in [-0.2, 0) is 33.8 Å². The van der Waals surface area contributed by atoms with Crippen molar-refractivity contribution in [2.24, 2.45) is 11.8 Å². The fourth-order valence-electron chi connectivity index (χ4n) is 9.48. The van der Waals surface area contributed by atoms with E-state index in [1.165, 1.54) is 51.5 Å². The van der Waals surface area contributed by atoms with Crippen molar-refractivity contribution in [2.45, 2.75) is 78.8 Å². The van der Waals surface area contributed by atoms with E-state index in [0.717, 1.165) is 50.8 Å². The van der Waals surface area contributed by atoms with Crippen molar-refractivity contribution in [3.63, 3.8) is 0 Å². The first-order valence-electron chi connectivity index (χ1n) is 21.9. The predicted molar refractivity (Wildman–Crippen MR) is 250 cm³/mol. The van der Waals surface area contributed by atoms with Gasteiger partial charge >= 0.3 is 6.09 Å². The largest absolute Gasteiger partial charge is 0.444 e. The number of sulfonamides is 2. The number of carbonyl (C=O) groups excluding carboxylic acids is 1. The van der Waals surface area contributed by atoms with Crippen molar-refractivity contribution in [1.82, 2.24) is 33.8 Å². The molecule has 6 aromatic rings. The molecular formula is C46H49ClF3N7O8S3. The molecule has 68 heavy (non-hydrogen) atoms. The lowest BCUT2D eigenvalue weighted by Crippen LogP contribution is -2.50. The lowest BCUT2D eigenvalue weighted by molar-refractivity contribution is 0.00641. The SMILES string of the molecule is CC(C)(C)OC(=O)N1CCC[C@@H]2CN(S(=O)(=O)c3cccc4cncc(F)c34)C[C@@H]21.O=S(=O)(Cl)c1cccc2cncc(F)c12.O=S(=O)(c1cccc2cncc(F)c12)N1C[C@H]2CCCN[C@H]2C1. The van der Waals surface area contributed by atoms with Crippen LogP contribution < -0.4 is 5.32 Å². The first kappa shape index (κ1) is 49.4. The van der Waals surface area contributed by atoms with Crippen LogP contribution in [0.3, 0.4) is 0 Å². The standard InChI is InChI=1S/C21H26FN3O4S.C16H18FN3O2S.C9H5ClFNO2S/c1-21(2,3)29-20(26)25-9-5-7-15-12-24(13-17(15)25)30(27,28)18-8-4-6-14-10-23-11-16(22)19(14)18;17-13-8-18-7-11-3-1-5-15(16(11)13)23(21,22)20-9-12-4-2-6-19-14(12)10-20;10-15(13,14)8-3-1-2-6-4-12-5-7(11)9(6)8/h4,6,8,10-11,15,17H,5,7,9,12-13H2,1-3H3;1,3,5,7-8,12,14,19H,2,4,6,9-10H2;1-5H/t15-,17+;12-,14+;/m11./s1. The Kier molecular flexibility index (Phi) is 14.1. The minimum Gasteiger partial charge on any atom is -0.444 e. The summed E-state index contributed by atoms with van der Waals surface area (Å²) in [4.78, 5) is 25.3. The number of piperidine rings is 2. The average Bonchev–Trinajstić information content (AvgIpc) is 3.95. The molecule has 1 amide bonds. The number of hydrogen-bond acceptors (Lipinski definition) is 12. The molecule has 0 saturated carbocycles. The number of pyridine rings is 3. The van der Waals surface area contributed by atoms with Crippen molar-refractivity contribution in [2.75, 3.05) is 39.3 Å².